The standard InChI is InChI=1S/C26H20F2NO9P/c27-26(28,20-11-12-21-19(13-20)14-22(29-21)23(30)31)39(34,37-15-35-24(32)17-7-3-1-4-8-17)38-16-36-25(33)18-9-5-2-6-10-18/h1-14,29H,15-16H2,(H,30,31). The summed E-state index contributed by atoms with van der Waals surface area (Å²) >= 11 is 0. The first-order valence-electron chi connectivity index (χ1n) is 11.2. The molecule has 0 spiro atoms. The normalized spacial score (nSPS) is 11.7. The molecule has 0 aliphatic rings. The fourth-order valence-corrected chi connectivity index (χ4v) is 4.64. The number of hydrogen-bond acceptors (Lipinski definition) is 8. The number of halogens is 2. The summed E-state index contributed by atoms with van der Waals surface area (Å²) in [4.78, 5) is 38.1. The van der Waals surface area contributed by atoms with Gasteiger partial charge in [-0.15, -0.1) is 0 Å². The minimum Gasteiger partial charge on any atom is -0.477 e. The zero-order valence-corrected chi connectivity index (χ0v) is 20.8. The Morgan fingerprint density at radius 2 is 1.31 bits per heavy atom. The van der Waals surface area contributed by atoms with Gasteiger partial charge in [-0.05, 0) is 42.5 Å². The lowest BCUT2D eigenvalue weighted by Gasteiger charge is -2.26. The van der Waals surface area contributed by atoms with Gasteiger partial charge in [0, 0.05) is 16.5 Å². The van der Waals surface area contributed by atoms with Crippen molar-refractivity contribution in [1.82, 2.24) is 4.98 Å². The van der Waals surface area contributed by atoms with Crippen LogP contribution in [0.2, 0.25) is 0 Å². The average molecular weight is 559 g/mol. The molecule has 0 fully saturated rings. The van der Waals surface area contributed by atoms with Gasteiger partial charge in [0.05, 0.1) is 11.1 Å². The summed E-state index contributed by atoms with van der Waals surface area (Å²) in [6.45, 7) is -2.36. The van der Waals surface area contributed by atoms with E-state index in [4.69, 9.17) is 23.6 Å². The van der Waals surface area contributed by atoms with Gasteiger partial charge in [0.25, 0.3) is 0 Å². The summed E-state index contributed by atoms with van der Waals surface area (Å²) < 4.78 is 64.1. The summed E-state index contributed by atoms with van der Waals surface area (Å²) in [7, 11) is -5.54. The quantitative estimate of drug-likeness (QED) is 0.133. The number of rotatable bonds is 11. The topological polar surface area (TPSA) is 141 Å². The van der Waals surface area contributed by atoms with Gasteiger partial charge in [0.15, 0.2) is 0 Å². The molecule has 3 aromatic carbocycles. The third-order valence-electron chi connectivity index (χ3n) is 5.39. The Morgan fingerprint density at radius 3 is 1.79 bits per heavy atom. The van der Waals surface area contributed by atoms with Gasteiger partial charge in [-0.1, -0.05) is 42.5 Å². The predicted octanol–water partition coefficient (Wildman–Crippen LogP) is 5.77. The molecule has 0 radical (unpaired) electrons. The number of H-pyrrole nitrogens is 1. The Hall–Kier alpha value is -4.38. The summed E-state index contributed by atoms with van der Waals surface area (Å²) in [5.41, 5.74) is -5.03. The van der Waals surface area contributed by atoms with E-state index in [0.29, 0.717) is 0 Å². The fraction of sp³-hybridized carbons (Fsp3) is 0.115. The van der Waals surface area contributed by atoms with Crippen LogP contribution in [0.4, 0.5) is 8.78 Å². The van der Waals surface area contributed by atoms with Crippen LogP contribution in [0.3, 0.4) is 0 Å². The second kappa shape index (κ2) is 11.6. The highest BCUT2D eigenvalue weighted by Crippen LogP contribution is 2.67. The first kappa shape index (κ1) is 27.6. The van der Waals surface area contributed by atoms with Gasteiger partial charge < -0.3 is 19.6 Å². The molecule has 0 saturated heterocycles. The number of aromatic nitrogens is 1. The van der Waals surface area contributed by atoms with Crippen LogP contribution in [0, 0.1) is 0 Å². The van der Waals surface area contributed by atoms with Crippen molar-refractivity contribution in [2.45, 2.75) is 5.66 Å². The van der Waals surface area contributed by atoms with Crippen molar-refractivity contribution in [3.8, 4) is 0 Å². The molecule has 1 heterocycles. The number of esters is 2. The van der Waals surface area contributed by atoms with Crippen molar-refractivity contribution in [3.63, 3.8) is 0 Å². The number of nitrogens with one attached hydrogen (secondary N) is 1. The number of benzene rings is 3. The van der Waals surface area contributed by atoms with Crippen molar-refractivity contribution in [2.75, 3.05) is 13.6 Å². The number of carboxylic acids is 1. The van der Waals surface area contributed by atoms with Gasteiger partial charge in [0.1, 0.15) is 5.69 Å². The van der Waals surface area contributed by atoms with Gasteiger partial charge in [-0.3, -0.25) is 13.6 Å². The number of carbonyl (C=O) groups is 3. The highest BCUT2D eigenvalue weighted by atomic mass is 31.2. The van der Waals surface area contributed by atoms with Crippen LogP contribution in [0.25, 0.3) is 10.9 Å². The molecule has 202 valence electrons. The lowest BCUT2D eigenvalue weighted by Crippen LogP contribution is -2.21. The van der Waals surface area contributed by atoms with E-state index in [-0.39, 0.29) is 27.7 Å². The Labute approximate surface area is 219 Å². The zero-order valence-electron chi connectivity index (χ0n) is 19.9. The monoisotopic (exact) mass is 559 g/mol. The molecule has 10 nitrogen and oxygen atoms in total. The lowest BCUT2D eigenvalue weighted by atomic mass is 10.1. The van der Waals surface area contributed by atoms with Gasteiger partial charge in [-0.25, -0.2) is 14.4 Å². The van der Waals surface area contributed by atoms with Crippen LogP contribution in [0.15, 0.2) is 84.9 Å². The van der Waals surface area contributed by atoms with Crippen molar-refractivity contribution in [2.24, 2.45) is 0 Å². The number of fused-ring (bicyclic) bond motifs is 1. The number of carbonyl (C=O) groups excluding carboxylic acids is 2. The molecule has 2 N–H and O–H groups in total. The van der Waals surface area contributed by atoms with Crippen LogP contribution in [0.1, 0.15) is 36.8 Å². The van der Waals surface area contributed by atoms with Crippen LogP contribution in [0.5, 0.6) is 0 Å². The Kier molecular flexibility index (Phi) is 8.20. The highest BCUT2D eigenvalue weighted by Gasteiger charge is 2.56. The molecule has 0 unspecified atom stereocenters. The maximum Gasteiger partial charge on any atom is 0.410 e. The molecule has 1 aromatic heterocycles. The average Bonchev–Trinajstić information content (AvgIpc) is 3.38. The second-order valence-electron chi connectivity index (χ2n) is 7.92. The van der Waals surface area contributed by atoms with Crippen molar-refractivity contribution >= 4 is 36.4 Å². The first-order chi connectivity index (χ1) is 18.6. The molecular formula is C26H20F2NO9P. The summed E-state index contributed by atoms with van der Waals surface area (Å²) in [6, 6.07) is 19.2. The Bertz CT molecular complexity index is 1480. The highest BCUT2D eigenvalue weighted by molar-refractivity contribution is 7.54. The summed E-state index contributed by atoms with van der Waals surface area (Å²) in [5, 5.41) is 9.23. The largest absolute Gasteiger partial charge is 0.477 e. The molecular weight excluding hydrogens is 539 g/mol. The summed E-state index contributed by atoms with van der Waals surface area (Å²) in [6.07, 6.45) is 0. The molecule has 39 heavy (non-hydrogen) atoms. The first-order valence-corrected chi connectivity index (χ1v) is 12.7. The van der Waals surface area contributed by atoms with Crippen molar-refractivity contribution in [3.05, 3.63) is 107 Å². The molecule has 0 aliphatic carbocycles. The SMILES string of the molecule is O=C(OCOP(=O)(OCOC(=O)c1ccccc1)C(F)(F)c1ccc2[nH]c(C(=O)O)cc2c1)c1ccccc1. The molecule has 0 atom stereocenters. The van der Waals surface area contributed by atoms with Crippen LogP contribution in [-0.4, -0.2) is 41.6 Å². The van der Waals surface area contributed by atoms with E-state index in [1.807, 2.05) is 0 Å². The van der Waals surface area contributed by atoms with Crippen LogP contribution < -0.4 is 0 Å². The van der Waals surface area contributed by atoms with Crippen molar-refractivity contribution in [1.29, 1.82) is 0 Å². The van der Waals surface area contributed by atoms with E-state index in [1.54, 1.807) is 36.4 Å². The van der Waals surface area contributed by atoms with Gasteiger partial charge in [0.2, 0.25) is 13.6 Å². The summed E-state index contributed by atoms with van der Waals surface area (Å²) in [5.74, 6) is -3.18. The molecule has 0 bridgehead atoms. The second-order valence-corrected chi connectivity index (χ2v) is 9.99. The maximum absolute atomic E-state index is 15.7. The number of aromatic amines is 1. The van der Waals surface area contributed by atoms with E-state index in [2.05, 4.69) is 4.98 Å². The van der Waals surface area contributed by atoms with Gasteiger partial charge >= 0.3 is 31.2 Å². The van der Waals surface area contributed by atoms with Crippen LogP contribution >= 0.6 is 7.60 Å². The van der Waals surface area contributed by atoms with E-state index >= 15 is 8.78 Å². The van der Waals surface area contributed by atoms with E-state index in [9.17, 15) is 18.9 Å². The minimum absolute atomic E-state index is 0.0853. The molecule has 4 aromatic rings. The van der Waals surface area contributed by atoms with E-state index in [1.165, 1.54) is 30.3 Å². The van der Waals surface area contributed by atoms with E-state index < -0.39 is 50.3 Å². The molecule has 13 heteroatoms. The molecule has 0 saturated carbocycles. The molecule has 0 aliphatic heterocycles. The Morgan fingerprint density at radius 1 is 0.795 bits per heavy atom. The third kappa shape index (κ3) is 6.20. The van der Waals surface area contributed by atoms with Crippen LogP contribution in [-0.2, 0) is 28.7 Å². The fourth-order valence-electron chi connectivity index (χ4n) is 3.41. The lowest BCUT2D eigenvalue weighted by molar-refractivity contribution is -0.0365. The predicted molar refractivity (Wildman–Crippen MR) is 132 cm³/mol. The van der Waals surface area contributed by atoms with E-state index in [0.717, 1.165) is 18.2 Å². The number of hydrogen-bond donors (Lipinski definition) is 2. The zero-order chi connectivity index (χ0) is 28.0. The van der Waals surface area contributed by atoms with Crippen molar-refractivity contribution < 1.29 is 51.4 Å². The number of alkyl halides is 2. The third-order valence-corrected chi connectivity index (χ3v) is 7.22. The minimum atomic E-state index is -5.54. The van der Waals surface area contributed by atoms with Gasteiger partial charge in [-0.2, -0.15) is 8.78 Å². The number of carboxylic acid groups (broad SMARTS) is 1. The number of aromatic carboxylic acids is 1. The Balaban J connectivity index is 1.56. The smallest absolute Gasteiger partial charge is 0.410 e. The maximum atomic E-state index is 15.7. The molecule has 4 rings (SSSR count). The molecule has 0 amide bonds. The number of ether oxygens (including phenoxy) is 2.